The SMILES string of the molecule is Fc1ccc(-c2nc(Cn3nnc(-c4cccc(Cl)c4)n3)co2)cc1. The fraction of sp³-hybridized carbons (Fsp3) is 0.0588. The van der Waals surface area contributed by atoms with Crippen molar-refractivity contribution in [2.45, 2.75) is 6.54 Å². The van der Waals surface area contributed by atoms with Gasteiger partial charge in [0.25, 0.3) is 0 Å². The van der Waals surface area contributed by atoms with Crippen LogP contribution in [0, 0.1) is 5.82 Å². The van der Waals surface area contributed by atoms with Crippen molar-refractivity contribution in [1.82, 2.24) is 25.2 Å². The average molecular weight is 356 g/mol. The van der Waals surface area contributed by atoms with Crippen LogP contribution < -0.4 is 0 Å². The topological polar surface area (TPSA) is 69.6 Å². The van der Waals surface area contributed by atoms with Crippen molar-refractivity contribution in [1.29, 1.82) is 0 Å². The van der Waals surface area contributed by atoms with Gasteiger partial charge in [-0.3, -0.25) is 0 Å². The first-order valence-electron chi connectivity index (χ1n) is 7.41. The van der Waals surface area contributed by atoms with Crippen LogP contribution in [0.15, 0.2) is 59.2 Å². The molecule has 0 unspecified atom stereocenters. The van der Waals surface area contributed by atoms with Gasteiger partial charge in [0.1, 0.15) is 24.3 Å². The molecule has 8 heteroatoms. The second-order valence-corrected chi connectivity index (χ2v) is 5.74. The van der Waals surface area contributed by atoms with Crippen molar-refractivity contribution in [2.75, 3.05) is 0 Å². The molecule has 0 N–H and O–H groups in total. The number of hydrogen-bond acceptors (Lipinski definition) is 5. The van der Waals surface area contributed by atoms with E-state index in [1.807, 2.05) is 12.1 Å². The van der Waals surface area contributed by atoms with E-state index in [9.17, 15) is 4.39 Å². The van der Waals surface area contributed by atoms with Gasteiger partial charge < -0.3 is 4.42 Å². The summed E-state index contributed by atoms with van der Waals surface area (Å²) in [6.45, 7) is 0.304. The number of aromatic nitrogens is 5. The number of oxazole rings is 1. The Morgan fingerprint density at radius 1 is 1.08 bits per heavy atom. The van der Waals surface area contributed by atoms with Gasteiger partial charge in [-0.1, -0.05) is 23.7 Å². The molecule has 2 aromatic heterocycles. The number of nitrogens with zero attached hydrogens (tertiary/aromatic N) is 5. The van der Waals surface area contributed by atoms with Crippen LogP contribution in [0.4, 0.5) is 4.39 Å². The molecule has 0 bridgehead atoms. The molecule has 2 heterocycles. The van der Waals surface area contributed by atoms with Gasteiger partial charge in [-0.25, -0.2) is 9.37 Å². The molecule has 0 fully saturated rings. The minimum atomic E-state index is -0.309. The quantitative estimate of drug-likeness (QED) is 0.556. The van der Waals surface area contributed by atoms with Gasteiger partial charge in [-0.05, 0) is 41.6 Å². The lowest BCUT2D eigenvalue weighted by Crippen LogP contribution is -2.04. The number of hydrogen-bond donors (Lipinski definition) is 0. The summed E-state index contributed by atoms with van der Waals surface area (Å²) in [5.41, 5.74) is 2.11. The molecule has 0 radical (unpaired) electrons. The summed E-state index contributed by atoms with van der Waals surface area (Å²) >= 11 is 5.97. The Bertz CT molecular complexity index is 1010. The van der Waals surface area contributed by atoms with Crippen LogP contribution in [0.1, 0.15) is 5.69 Å². The second-order valence-electron chi connectivity index (χ2n) is 5.30. The van der Waals surface area contributed by atoms with Crippen LogP contribution in [-0.4, -0.2) is 25.2 Å². The van der Waals surface area contributed by atoms with E-state index in [2.05, 4.69) is 20.4 Å². The van der Waals surface area contributed by atoms with E-state index < -0.39 is 0 Å². The van der Waals surface area contributed by atoms with Crippen molar-refractivity contribution in [3.63, 3.8) is 0 Å². The molecular weight excluding hydrogens is 345 g/mol. The first-order chi connectivity index (χ1) is 12.2. The van der Waals surface area contributed by atoms with Gasteiger partial charge in [-0.2, -0.15) is 4.80 Å². The van der Waals surface area contributed by atoms with E-state index in [1.54, 1.807) is 24.3 Å². The molecule has 0 saturated carbocycles. The Morgan fingerprint density at radius 3 is 2.72 bits per heavy atom. The molecule has 0 aliphatic heterocycles. The molecule has 6 nitrogen and oxygen atoms in total. The van der Waals surface area contributed by atoms with Crippen molar-refractivity contribution in [3.05, 3.63) is 71.3 Å². The van der Waals surface area contributed by atoms with Crippen LogP contribution in [0.5, 0.6) is 0 Å². The van der Waals surface area contributed by atoms with E-state index in [-0.39, 0.29) is 5.82 Å². The van der Waals surface area contributed by atoms with Crippen LogP contribution >= 0.6 is 11.6 Å². The first-order valence-corrected chi connectivity index (χ1v) is 7.79. The third-order valence-electron chi connectivity index (χ3n) is 3.48. The third-order valence-corrected chi connectivity index (χ3v) is 3.72. The highest BCUT2D eigenvalue weighted by atomic mass is 35.5. The molecule has 0 amide bonds. The Hall–Kier alpha value is -3.06. The summed E-state index contributed by atoms with van der Waals surface area (Å²) in [6, 6.07) is 13.2. The Balaban J connectivity index is 1.52. The van der Waals surface area contributed by atoms with E-state index >= 15 is 0 Å². The Labute approximate surface area is 146 Å². The van der Waals surface area contributed by atoms with E-state index in [0.29, 0.717) is 34.5 Å². The van der Waals surface area contributed by atoms with Crippen LogP contribution in [-0.2, 0) is 6.54 Å². The molecular formula is C17H11ClFN5O. The average Bonchev–Trinajstić information content (AvgIpc) is 3.26. The van der Waals surface area contributed by atoms with Crippen LogP contribution in [0.2, 0.25) is 5.02 Å². The zero-order valence-corrected chi connectivity index (χ0v) is 13.6. The van der Waals surface area contributed by atoms with Crippen molar-refractivity contribution in [2.24, 2.45) is 0 Å². The molecule has 4 aromatic rings. The third kappa shape index (κ3) is 3.41. The smallest absolute Gasteiger partial charge is 0.226 e. The van der Waals surface area contributed by atoms with Crippen LogP contribution in [0.25, 0.3) is 22.8 Å². The molecule has 0 saturated heterocycles. The van der Waals surface area contributed by atoms with Crippen molar-refractivity contribution < 1.29 is 8.81 Å². The Kier molecular flexibility index (Phi) is 3.99. The van der Waals surface area contributed by atoms with Crippen LogP contribution in [0.3, 0.4) is 0 Å². The maximum atomic E-state index is 13.0. The molecule has 0 atom stereocenters. The lowest BCUT2D eigenvalue weighted by atomic mass is 10.2. The zero-order chi connectivity index (χ0) is 17.2. The van der Waals surface area contributed by atoms with E-state index in [4.69, 9.17) is 16.0 Å². The maximum Gasteiger partial charge on any atom is 0.226 e. The summed E-state index contributed by atoms with van der Waals surface area (Å²) in [6.07, 6.45) is 1.51. The van der Waals surface area contributed by atoms with Gasteiger partial charge >= 0.3 is 0 Å². The Morgan fingerprint density at radius 2 is 1.92 bits per heavy atom. The fourth-order valence-corrected chi connectivity index (χ4v) is 2.49. The monoisotopic (exact) mass is 355 g/mol. The van der Waals surface area contributed by atoms with E-state index in [1.165, 1.54) is 23.2 Å². The summed E-state index contributed by atoms with van der Waals surface area (Å²) < 4.78 is 18.4. The standard InChI is InChI=1S/C17H11ClFN5O/c18-13-3-1-2-12(8-13)16-21-23-24(22-16)9-15-10-25-17(20-15)11-4-6-14(19)7-5-11/h1-8,10H,9H2. The number of tetrazole rings is 1. The minimum Gasteiger partial charge on any atom is -0.444 e. The predicted octanol–water partition coefficient (Wildman–Crippen LogP) is 3.84. The van der Waals surface area contributed by atoms with E-state index in [0.717, 1.165) is 5.56 Å². The molecule has 124 valence electrons. The lowest BCUT2D eigenvalue weighted by molar-refractivity contribution is 0.550. The van der Waals surface area contributed by atoms with Crippen molar-refractivity contribution in [3.8, 4) is 22.8 Å². The summed E-state index contributed by atoms with van der Waals surface area (Å²) in [5, 5.41) is 13.0. The molecule has 4 rings (SSSR count). The fourth-order valence-electron chi connectivity index (χ4n) is 2.30. The largest absolute Gasteiger partial charge is 0.444 e. The highest BCUT2D eigenvalue weighted by Gasteiger charge is 2.11. The van der Waals surface area contributed by atoms with Gasteiger partial charge in [0.05, 0.1) is 0 Å². The maximum absolute atomic E-state index is 13.0. The number of benzene rings is 2. The van der Waals surface area contributed by atoms with Gasteiger partial charge in [0.15, 0.2) is 0 Å². The summed E-state index contributed by atoms with van der Waals surface area (Å²) in [7, 11) is 0. The highest BCUT2D eigenvalue weighted by Crippen LogP contribution is 2.20. The van der Waals surface area contributed by atoms with Gasteiger partial charge in [-0.15, -0.1) is 10.2 Å². The molecule has 0 aliphatic carbocycles. The zero-order valence-electron chi connectivity index (χ0n) is 12.8. The lowest BCUT2D eigenvalue weighted by Gasteiger charge is -1.95. The number of rotatable bonds is 4. The van der Waals surface area contributed by atoms with Gasteiger partial charge in [0, 0.05) is 16.1 Å². The highest BCUT2D eigenvalue weighted by molar-refractivity contribution is 6.30. The van der Waals surface area contributed by atoms with Crippen molar-refractivity contribution >= 4 is 11.6 Å². The molecule has 0 aliphatic rings. The second kappa shape index (κ2) is 6.45. The molecule has 2 aromatic carbocycles. The first kappa shape index (κ1) is 15.5. The summed E-state index contributed by atoms with van der Waals surface area (Å²) in [5.74, 6) is 0.575. The number of halogens is 2. The van der Waals surface area contributed by atoms with Gasteiger partial charge in [0.2, 0.25) is 11.7 Å². The predicted molar refractivity (Wildman–Crippen MR) is 89.3 cm³/mol. The summed E-state index contributed by atoms with van der Waals surface area (Å²) in [4.78, 5) is 5.78. The molecule has 25 heavy (non-hydrogen) atoms. The normalized spacial score (nSPS) is 11.0. The molecule has 0 spiro atoms. The minimum absolute atomic E-state index is 0.304.